The van der Waals surface area contributed by atoms with Gasteiger partial charge in [0.2, 0.25) is 0 Å². The zero-order chi connectivity index (χ0) is 9.26. The van der Waals surface area contributed by atoms with E-state index >= 15 is 0 Å². The summed E-state index contributed by atoms with van der Waals surface area (Å²) < 4.78 is 0. The molecule has 0 aliphatic heterocycles. The van der Waals surface area contributed by atoms with Gasteiger partial charge in [-0.2, -0.15) is 0 Å². The van der Waals surface area contributed by atoms with Crippen molar-refractivity contribution < 1.29 is 4.79 Å². The van der Waals surface area contributed by atoms with Gasteiger partial charge in [-0.1, -0.05) is 12.6 Å². The lowest BCUT2D eigenvalue weighted by molar-refractivity contribution is -0.115. The molecule has 1 unspecified atom stereocenters. The van der Waals surface area contributed by atoms with Gasteiger partial charge >= 0.3 is 0 Å². The molecule has 1 aliphatic rings. The van der Waals surface area contributed by atoms with E-state index in [2.05, 4.69) is 11.6 Å². The number of hydrogen-bond donors (Lipinski definition) is 0. The van der Waals surface area contributed by atoms with Gasteiger partial charge in [-0.25, -0.2) is 0 Å². The van der Waals surface area contributed by atoms with Crippen LogP contribution in [0.25, 0.3) is 0 Å². The van der Waals surface area contributed by atoms with Crippen LogP contribution in [0.4, 0.5) is 0 Å². The first-order chi connectivity index (χ1) is 6.33. The van der Waals surface area contributed by atoms with Gasteiger partial charge in [0.1, 0.15) is 0 Å². The summed E-state index contributed by atoms with van der Waals surface area (Å²) in [6.07, 6.45) is 4.99. The number of rotatable bonds is 2. The van der Waals surface area contributed by atoms with Gasteiger partial charge in [-0.3, -0.25) is 9.78 Å². The number of allylic oxidation sites excluding steroid dienone is 1. The molecule has 0 N–H and O–H groups in total. The van der Waals surface area contributed by atoms with E-state index in [0.717, 1.165) is 18.5 Å². The molecule has 1 aromatic rings. The Bertz CT molecular complexity index is 357. The second-order valence-electron chi connectivity index (χ2n) is 3.25. The van der Waals surface area contributed by atoms with Crippen LogP contribution in [-0.4, -0.2) is 10.8 Å². The minimum Gasteiger partial charge on any atom is -0.294 e. The lowest BCUT2D eigenvalue weighted by Gasteiger charge is -2.04. The summed E-state index contributed by atoms with van der Waals surface area (Å²) >= 11 is 0. The molecule has 0 fully saturated rings. The van der Waals surface area contributed by atoms with Gasteiger partial charge in [0, 0.05) is 6.20 Å². The first-order valence-corrected chi connectivity index (χ1v) is 4.43. The molecule has 66 valence electrons. The molecular weight excluding hydrogens is 162 g/mol. The third kappa shape index (κ3) is 1.28. The van der Waals surface area contributed by atoms with Crippen molar-refractivity contribution in [2.24, 2.45) is 0 Å². The molecule has 1 aromatic heterocycles. The van der Waals surface area contributed by atoms with E-state index in [4.69, 9.17) is 0 Å². The van der Waals surface area contributed by atoms with Crippen molar-refractivity contribution in [3.05, 3.63) is 42.2 Å². The first-order valence-electron chi connectivity index (χ1n) is 4.43. The Morgan fingerprint density at radius 3 is 3.31 bits per heavy atom. The van der Waals surface area contributed by atoms with Gasteiger partial charge < -0.3 is 0 Å². The van der Waals surface area contributed by atoms with Crippen molar-refractivity contribution in [1.29, 1.82) is 0 Å². The van der Waals surface area contributed by atoms with Crippen LogP contribution in [0.1, 0.15) is 23.6 Å². The average molecular weight is 173 g/mol. The van der Waals surface area contributed by atoms with Gasteiger partial charge in [-0.15, -0.1) is 0 Å². The van der Waals surface area contributed by atoms with Crippen LogP contribution in [0.2, 0.25) is 0 Å². The topological polar surface area (TPSA) is 30.0 Å². The van der Waals surface area contributed by atoms with E-state index in [0.29, 0.717) is 0 Å². The van der Waals surface area contributed by atoms with Crippen molar-refractivity contribution in [2.45, 2.75) is 18.8 Å². The van der Waals surface area contributed by atoms with Gasteiger partial charge in [0.25, 0.3) is 0 Å². The van der Waals surface area contributed by atoms with Crippen molar-refractivity contribution in [3.8, 4) is 0 Å². The normalized spacial score (nSPS) is 19.5. The Morgan fingerprint density at radius 2 is 2.54 bits per heavy atom. The molecule has 0 saturated heterocycles. The molecule has 1 heterocycles. The van der Waals surface area contributed by atoms with Crippen LogP contribution in [0.15, 0.2) is 31.0 Å². The smallest absolute Gasteiger partial charge is 0.164 e. The fourth-order valence-corrected chi connectivity index (χ4v) is 1.83. The van der Waals surface area contributed by atoms with Crippen LogP contribution >= 0.6 is 0 Å². The van der Waals surface area contributed by atoms with E-state index in [9.17, 15) is 4.79 Å². The zero-order valence-electron chi connectivity index (χ0n) is 7.36. The molecule has 2 nitrogen and oxygen atoms in total. The van der Waals surface area contributed by atoms with Crippen LogP contribution in [0.3, 0.4) is 0 Å². The van der Waals surface area contributed by atoms with E-state index in [-0.39, 0.29) is 11.7 Å². The Morgan fingerprint density at radius 1 is 1.69 bits per heavy atom. The Balaban J connectivity index is 2.38. The fraction of sp³-hybridized carbons (Fsp3) is 0.273. The number of carbonyl (C=O) groups is 1. The fourth-order valence-electron chi connectivity index (χ4n) is 1.83. The van der Waals surface area contributed by atoms with E-state index in [1.54, 1.807) is 6.20 Å². The molecule has 0 bridgehead atoms. The third-order valence-corrected chi connectivity index (χ3v) is 2.50. The molecule has 1 atom stereocenters. The maximum atomic E-state index is 11.4. The summed E-state index contributed by atoms with van der Waals surface area (Å²) in [6, 6.07) is 3.96. The van der Waals surface area contributed by atoms with Crippen molar-refractivity contribution >= 4 is 5.78 Å². The monoisotopic (exact) mass is 173 g/mol. The number of ketones is 1. The molecule has 0 spiro atoms. The Hall–Kier alpha value is -1.44. The molecule has 13 heavy (non-hydrogen) atoms. The molecule has 0 radical (unpaired) electrons. The van der Waals surface area contributed by atoms with Crippen LogP contribution in [-0.2, 0) is 11.2 Å². The molecule has 1 aliphatic carbocycles. The first kappa shape index (κ1) is 8.17. The molecule has 2 heteroatoms. The quantitative estimate of drug-likeness (QED) is 0.639. The lowest BCUT2D eigenvalue weighted by atomic mass is 10.0. The summed E-state index contributed by atoms with van der Waals surface area (Å²) in [4.78, 5) is 15.7. The SMILES string of the molecule is C=CC(=O)C1CCc2cccnc21. The average Bonchev–Trinajstić information content (AvgIpc) is 2.60. The molecule has 2 rings (SSSR count). The number of nitrogens with zero attached hydrogens (tertiary/aromatic N) is 1. The number of fused-ring (bicyclic) bond motifs is 1. The molecule has 0 aromatic carbocycles. The van der Waals surface area contributed by atoms with Gasteiger partial charge in [0.05, 0.1) is 11.6 Å². The second kappa shape index (κ2) is 3.13. The Labute approximate surface area is 77.3 Å². The third-order valence-electron chi connectivity index (χ3n) is 2.50. The number of aromatic nitrogens is 1. The van der Waals surface area contributed by atoms with E-state index in [1.165, 1.54) is 11.6 Å². The highest BCUT2D eigenvalue weighted by molar-refractivity contribution is 5.95. The highest BCUT2D eigenvalue weighted by Gasteiger charge is 2.27. The summed E-state index contributed by atoms with van der Waals surface area (Å²) in [6.45, 7) is 3.50. The van der Waals surface area contributed by atoms with Crippen molar-refractivity contribution in [3.63, 3.8) is 0 Å². The van der Waals surface area contributed by atoms with Crippen LogP contribution in [0, 0.1) is 0 Å². The van der Waals surface area contributed by atoms with Gasteiger partial charge in [0.15, 0.2) is 5.78 Å². The maximum absolute atomic E-state index is 11.4. The highest BCUT2D eigenvalue weighted by Crippen LogP contribution is 2.31. The predicted octanol–water partition coefficient (Wildman–Crippen LogP) is 1.87. The maximum Gasteiger partial charge on any atom is 0.164 e. The van der Waals surface area contributed by atoms with Crippen LogP contribution < -0.4 is 0 Å². The Kier molecular flexibility index (Phi) is 1.97. The predicted molar refractivity (Wildman–Crippen MR) is 50.5 cm³/mol. The summed E-state index contributed by atoms with van der Waals surface area (Å²) in [5, 5.41) is 0. The largest absolute Gasteiger partial charge is 0.294 e. The highest BCUT2D eigenvalue weighted by atomic mass is 16.1. The number of hydrogen-bond acceptors (Lipinski definition) is 2. The van der Waals surface area contributed by atoms with Gasteiger partial charge in [-0.05, 0) is 30.5 Å². The number of aryl methyl sites for hydroxylation is 1. The number of pyridine rings is 1. The summed E-state index contributed by atoms with van der Waals surface area (Å²) in [7, 11) is 0. The molecule has 0 amide bonds. The molecule has 0 saturated carbocycles. The zero-order valence-corrected chi connectivity index (χ0v) is 7.36. The van der Waals surface area contributed by atoms with E-state index in [1.807, 2.05) is 12.1 Å². The van der Waals surface area contributed by atoms with Crippen molar-refractivity contribution in [2.75, 3.05) is 0 Å². The van der Waals surface area contributed by atoms with Crippen molar-refractivity contribution in [1.82, 2.24) is 4.98 Å². The van der Waals surface area contributed by atoms with Crippen LogP contribution in [0.5, 0.6) is 0 Å². The van der Waals surface area contributed by atoms with E-state index < -0.39 is 0 Å². The molecular formula is C11H11NO. The minimum absolute atomic E-state index is 0.0336. The summed E-state index contributed by atoms with van der Waals surface area (Å²) in [5.74, 6) is 0.0613. The second-order valence-corrected chi connectivity index (χ2v) is 3.25. The number of carbonyl (C=O) groups excluding carboxylic acids is 1. The lowest BCUT2D eigenvalue weighted by Crippen LogP contribution is -2.07. The standard InChI is InChI=1S/C11H11NO/c1-2-10(13)9-6-5-8-4-3-7-12-11(8)9/h2-4,7,9H,1,5-6H2. The summed E-state index contributed by atoms with van der Waals surface area (Å²) in [5.41, 5.74) is 2.16. The minimum atomic E-state index is -0.0336.